The number of unbranched alkanes of at least 4 members (excludes halogenated alkanes) is 2. The number of aromatic nitrogens is 1. The lowest BCUT2D eigenvalue weighted by atomic mass is 9.99. The first-order valence-electron chi connectivity index (χ1n) is 11.7. The summed E-state index contributed by atoms with van der Waals surface area (Å²) in [4.78, 5) is 7.24. The fraction of sp³-hybridized carbons (Fsp3) is 0.444. The number of rotatable bonds is 12. The zero-order valence-corrected chi connectivity index (χ0v) is 20.9. The zero-order valence-electron chi connectivity index (χ0n) is 20.1. The second-order valence-electron chi connectivity index (χ2n) is 8.35. The quantitative estimate of drug-likeness (QED) is 0.327. The van der Waals surface area contributed by atoms with E-state index in [0.717, 1.165) is 66.5 Å². The van der Waals surface area contributed by atoms with Crippen molar-refractivity contribution in [1.82, 2.24) is 9.88 Å². The van der Waals surface area contributed by atoms with Gasteiger partial charge in [-0.1, -0.05) is 50.4 Å². The molecule has 6 heteroatoms. The van der Waals surface area contributed by atoms with E-state index in [0.29, 0.717) is 23.1 Å². The van der Waals surface area contributed by atoms with Crippen LogP contribution in [0.5, 0.6) is 11.5 Å². The molecule has 0 fully saturated rings. The molecule has 0 aliphatic carbocycles. The van der Waals surface area contributed by atoms with E-state index in [4.69, 9.17) is 26.1 Å². The van der Waals surface area contributed by atoms with Crippen molar-refractivity contribution in [3.63, 3.8) is 0 Å². The van der Waals surface area contributed by atoms with Crippen LogP contribution in [-0.4, -0.2) is 48.8 Å². The van der Waals surface area contributed by atoms with E-state index < -0.39 is 6.10 Å². The molecule has 1 heterocycles. The van der Waals surface area contributed by atoms with Crippen molar-refractivity contribution in [3.05, 3.63) is 53.1 Å². The van der Waals surface area contributed by atoms with Crippen LogP contribution in [0.4, 0.5) is 0 Å². The minimum Gasteiger partial charge on any atom is -0.493 e. The standard InChI is InChI=1S/C27H35ClN2O3/c1-5-7-13-30(14-8-6-2)18-25(31)22-15-23(19-9-11-20(28)12-10-19)29-24-17-27(33-4)26(32-3)16-21(22)24/h9-12,15-17,25,31H,5-8,13-14,18H2,1-4H3/t25-/m1/s1. The Kier molecular flexibility index (Phi) is 9.36. The van der Waals surface area contributed by atoms with Crippen LogP contribution in [0.1, 0.15) is 51.2 Å². The van der Waals surface area contributed by atoms with Crippen molar-refractivity contribution in [2.45, 2.75) is 45.6 Å². The van der Waals surface area contributed by atoms with Gasteiger partial charge in [-0.15, -0.1) is 0 Å². The van der Waals surface area contributed by atoms with Crippen LogP contribution in [0.3, 0.4) is 0 Å². The molecule has 3 aromatic rings. The summed E-state index contributed by atoms with van der Waals surface area (Å²) in [5.74, 6) is 1.23. The molecule has 0 spiro atoms. The average molecular weight is 471 g/mol. The molecule has 1 N–H and O–H groups in total. The molecule has 5 nitrogen and oxygen atoms in total. The molecule has 3 rings (SSSR count). The summed E-state index contributed by atoms with van der Waals surface area (Å²) in [5.41, 5.74) is 3.32. The van der Waals surface area contributed by atoms with Gasteiger partial charge >= 0.3 is 0 Å². The van der Waals surface area contributed by atoms with E-state index in [1.165, 1.54) is 0 Å². The number of benzene rings is 2. The lowest BCUT2D eigenvalue weighted by molar-refractivity contribution is 0.112. The van der Waals surface area contributed by atoms with Crippen LogP contribution in [0.15, 0.2) is 42.5 Å². The molecule has 0 amide bonds. The SMILES string of the molecule is CCCCN(CCCC)C[C@@H](O)c1cc(-c2ccc(Cl)cc2)nc2cc(OC)c(OC)cc12. The van der Waals surface area contributed by atoms with Crippen molar-refractivity contribution in [3.8, 4) is 22.8 Å². The highest BCUT2D eigenvalue weighted by Gasteiger charge is 2.20. The number of fused-ring (bicyclic) bond motifs is 1. The summed E-state index contributed by atoms with van der Waals surface area (Å²) < 4.78 is 11.0. The first kappa shape index (κ1) is 25.3. The third-order valence-corrected chi connectivity index (χ3v) is 6.18. The van der Waals surface area contributed by atoms with Gasteiger partial charge in [-0.25, -0.2) is 4.98 Å². The predicted molar refractivity (Wildman–Crippen MR) is 137 cm³/mol. The summed E-state index contributed by atoms with van der Waals surface area (Å²) >= 11 is 6.09. The Hall–Kier alpha value is -2.34. The molecular weight excluding hydrogens is 436 g/mol. The van der Waals surface area contributed by atoms with Crippen molar-refractivity contribution in [1.29, 1.82) is 0 Å². The number of aliphatic hydroxyl groups excluding tert-OH is 1. The molecule has 0 radical (unpaired) electrons. The summed E-state index contributed by atoms with van der Waals surface area (Å²) in [6, 6.07) is 13.4. The van der Waals surface area contributed by atoms with Crippen LogP contribution in [-0.2, 0) is 0 Å². The van der Waals surface area contributed by atoms with E-state index in [9.17, 15) is 5.11 Å². The molecule has 1 atom stereocenters. The number of ether oxygens (including phenoxy) is 2. The number of aliphatic hydroxyl groups is 1. The maximum atomic E-state index is 11.4. The minimum atomic E-state index is -0.659. The first-order valence-corrected chi connectivity index (χ1v) is 12.1. The van der Waals surface area contributed by atoms with Gasteiger partial charge in [0.15, 0.2) is 11.5 Å². The molecule has 178 valence electrons. The molecule has 2 aromatic carbocycles. The predicted octanol–water partition coefficient (Wildman–Crippen LogP) is 6.51. The number of hydrogen-bond donors (Lipinski definition) is 1. The van der Waals surface area contributed by atoms with Crippen LogP contribution < -0.4 is 9.47 Å². The number of pyridine rings is 1. The highest BCUT2D eigenvalue weighted by atomic mass is 35.5. The summed E-state index contributed by atoms with van der Waals surface area (Å²) in [7, 11) is 3.23. The van der Waals surface area contributed by atoms with E-state index in [-0.39, 0.29) is 0 Å². The monoisotopic (exact) mass is 470 g/mol. The van der Waals surface area contributed by atoms with Gasteiger partial charge < -0.3 is 19.5 Å². The largest absolute Gasteiger partial charge is 0.493 e. The third-order valence-electron chi connectivity index (χ3n) is 5.93. The van der Waals surface area contributed by atoms with Gasteiger partial charge in [-0.3, -0.25) is 0 Å². The molecular formula is C27H35ClN2O3. The number of nitrogens with zero attached hydrogens (tertiary/aromatic N) is 2. The fourth-order valence-electron chi connectivity index (χ4n) is 4.02. The van der Waals surface area contributed by atoms with Gasteiger partial charge in [0.25, 0.3) is 0 Å². The van der Waals surface area contributed by atoms with Crippen LogP contribution in [0.2, 0.25) is 5.02 Å². The molecule has 0 aliphatic heterocycles. The van der Waals surface area contributed by atoms with Gasteiger partial charge in [0.05, 0.1) is 31.5 Å². The van der Waals surface area contributed by atoms with Gasteiger partial charge in [0.2, 0.25) is 0 Å². The van der Waals surface area contributed by atoms with Gasteiger partial charge in [-0.2, -0.15) is 0 Å². The maximum absolute atomic E-state index is 11.4. The molecule has 0 bridgehead atoms. The van der Waals surface area contributed by atoms with Crippen molar-refractivity contribution < 1.29 is 14.6 Å². The maximum Gasteiger partial charge on any atom is 0.162 e. The number of hydrogen-bond acceptors (Lipinski definition) is 5. The van der Waals surface area contributed by atoms with Gasteiger partial charge in [-0.05, 0) is 55.8 Å². The summed E-state index contributed by atoms with van der Waals surface area (Å²) in [6.07, 6.45) is 3.85. The molecule has 1 aromatic heterocycles. The lowest BCUT2D eigenvalue weighted by Crippen LogP contribution is -2.31. The Morgan fingerprint density at radius 1 is 0.939 bits per heavy atom. The van der Waals surface area contributed by atoms with Crippen LogP contribution >= 0.6 is 11.6 Å². The van der Waals surface area contributed by atoms with E-state index >= 15 is 0 Å². The average Bonchev–Trinajstić information content (AvgIpc) is 2.84. The summed E-state index contributed by atoms with van der Waals surface area (Å²) in [6.45, 7) is 6.94. The Morgan fingerprint density at radius 3 is 2.12 bits per heavy atom. The fourth-order valence-corrected chi connectivity index (χ4v) is 4.15. The van der Waals surface area contributed by atoms with Crippen molar-refractivity contribution >= 4 is 22.5 Å². The van der Waals surface area contributed by atoms with E-state index in [1.54, 1.807) is 14.2 Å². The molecule has 0 unspecified atom stereocenters. The van der Waals surface area contributed by atoms with Crippen molar-refractivity contribution in [2.24, 2.45) is 0 Å². The number of methoxy groups -OCH3 is 2. The van der Waals surface area contributed by atoms with E-state index in [1.807, 2.05) is 42.5 Å². The second kappa shape index (κ2) is 12.2. The smallest absolute Gasteiger partial charge is 0.162 e. The van der Waals surface area contributed by atoms with Crippen LogP contribution in [0.25, 0.3) is 22.2 Å². The Morgan fingerprint density at radius 2 is 1.55 bits per heavy atom. The van der Waals surface area contributed by atoms with E-state index in [2.05, 4.69) is 18.7 Å². The zero-order chi connectivity index (χ0) is 23.8. The Labute approximate surface area is 202 Å². The normalized spacial score (nSPS) is 12.3. The molecule has 0 aliphatic rings. The van der Waals surface area contributed by atoms with Crippen molar-refractivity contribution in [2.75, 3.05) is 33.9 Å². The highest BCUT2D eigenvalue weighted by Crippen LogP contribution is 2.37. The molecule has 0 saturated carbocycles. The highest BCUT2D eigenvalue weighted by molar-refractivity contribution is 6.30. The summed E-state index contributed by atoms with van der Waals surface area (Å²) in [5, 5.41) is 13.0. The second-order valence-corrected chi connectivity index (χ2v) is 8.79. The van der Waals surface area contributed by atoms with Gasteiger partial charge in [0, 0.05) is 28.6 Å². The number of halogens is 1. The topological polar surface area (TPSA) is 54.8 Å². The Balaban J connectivity index is 2.08. The van der Waals surface area contributed by atoms with Gasteiger partial charge in [0.1, 0.15) is 0 Å². The van der Waals surface area contributed by atoms with Crippen LogP contribution in [0, 0.1) is 0 Å². The molecule has 33 heavy (non-hydrogen) atoms. The lowest BCUT2D eigenvalue weighted by Gasteiger charge is -2.26. The minimum absolute atomic E-state index is 0.577. The third kappa shape index (κ3) is 6.38. The Bertz CT molecular complexity index is 1030. The first-order chi connectivity index (χ1) is 16.0. The molecule has 0 saturated heterocycles.